The highest BCUT2D eigenvalue weighted by Gasteiger charge is 2.26. The van der Waals surface area contributed by atoms with Gasteiger partial charge in [0.2, 0.25) is 0 Å². The minimum Gasteiger partial charge on any atom is -0.478 e. The van der Waals surface area contributed by atoms with Crippen LogP contribution in [0.5, 0.6) is 0 Å². The predicted octanol–water partition coefficient (Wildman–Crippen LogP) is 6.26. The molecule has 0 heterocycles. The number of hydrogen-bond acceptors (Lipinski definition) is 4. The summed E-state index contributed by atoms with van der Waals surface area (Å²) in [5, 5.41) is 12.4. The molecule has 1 aliphatic carbocycles. The van der Waals surface area contributed by atoms with E-state index in [4.69, 9.17) is 9.47 Å². The second-order valence-corrected chi connectivity index (χ2v) is 10.1. The predicted molar refractivity (Wildman–Crippen MR) is 141 cm³/mol. The van der Waals surface area contributed by atoms with Crippen molar-refractivity contribution in [2.75, 3.05) is 18.5 Å². The Balaban J connectivity index is 1.52. The second kappa shape index (κ2) is 13.5. The lowest BCUT2D eigenvalue weighted by atomic mass is 9.94. The number of benzene rings is 2. The van der Waals surface area contributed by atoms with Crippen LogP contribution < -0.4 is 5.32 Å². The molecule has 1 aliphatic rings. The van der Waals surface area contributed by atoms with E-state index in [0.717, 1.165) is 31.2 Å². The highest BCUT2D eigenvalue weighted by Crippen LogP contribution is 2.26. The van der Waals surface area contributed by atoms with Crippen LogP contribution >= 0.6 is 0 Å². The maximum atomic E-state index is 13.2. The largest absolute Gasteiger partial charge is 0.478 e. The van der Waals surface area contributed by atoms with Crippen LogP contribution in [0.3, 0.4) is 0 Å². The van der Waals surface area contributed by atoms with Crippen molar-refractivity contribution < 1.29 is 28.6 Å². The fourth-order valence-electron chi connectivity index (χ4n) is 4.66. The Morgan fingerprint density at radius 2 is 1.76 bits per heavy atom. The first kappa shape index (κ1) is 28.6. The van der Waals surface area contributed by atoms with Gasteiger partial charge < -0.3 is 24.8 Å². The van der Waals surface area contributed by atoms with E-state index in [1.54, 1.807) is 36.1 Å². The number of urea groups is 1. The molecule has 0 aliphatic heterocycles. The number of aromatic carboxylic acids is 1. The standard InChI is InChI=1S/C29H39FN2O5/c1-19(2)21(4)32(29(35)31-24-13-11-23(30)12-14-24)15-16-36-25-9-6-10-26(17-25)37-18-22-8-5-7-20(3)27(22)28(33)34/h5,7-8,11-14,19,21,25-26H,6,9-10,15-18H2,1-4H3,(H,31,35)(H,33,34). The maximum absolute atomic E-state index is 13.2. The Morgan fingerprint density at radius 1 is 1.08 bits per heavy atom. The molecule has 0 aromatic heterocycles. The van der Waals surface area contributed by atoms with Crippen molar-refractivity contribution in [2.24, 2.45) is 5.92 Å². The zero-order chi connectivity index (χ0) is 26.9. The number of carbonyl (C=O) groups excluding carboxylic acids is 1. The van der Waals surface area contributed by atoms with Gasteiger partial charge in [0.1, 0.15) is 5.82 Å². The summed E-state index contributed by atoms with van der Waals surface area (Å²) >= 11 is 0. The third-order valence-electron chi connectivity index (χ3n) is 7.12. The summed E-state index contributed by atoms with van der Waals surface area (Å²) in [7, 11) is 0. The Morgan fingerprint density at radius 3 is 2.41 bits per heavy atom. The average molecular weight is 515 g/mol. The molecule has 7 nitrogen and oxygen atoms in total. The first-order valence-corrected chi connectivity index (χ1v) is 13.0. The highest BCUT2D eigenvalue weighted by atomic mass is 19.1. The van der Waals surface area contributed by atoms with E-state index in [1.807, 2.05) is 13.0 Å². The van der Waals surface area contributed by atoms with Crippen LogP contribution in [0.15, 0.2) is 42.5 Å². The molecule has 2 N–H and O–H groups in total. The van der Waals surface area contributed by atoms with Crippen molar-refractivity contribution in [2.45, 2.75) is 78.2 Å². The van der Waals surface area contributed by atoms with Gasteiger partial charge in [0, 0.05) is 18.3 Å². The van der Waals surface area contributed by atoms with Crippen LogP contribution in [0.1, 0.15) is 67.9 Å². The molecular weight excluding hydrogens is 475 g/mol. The number of amides is 2. The molecule has 0 spiro atoms. The van der Waals surface area contributed by atoms with Crippen molar-refractivity contribution in [3.8, 4) is 0 Å². The monoisotopic (exact) mass is 514 g/mol. The van der Waals surface area contributed by atoms with E-state index < -0.39 is 5.97 Å². The van der Waals surface area contributed by atoms with Crippen LogP contribution in [0.25, 0.3) is 0 Å². The van der Waals surface area contributed by atoms with E-state index in [-0.39, 0.29) is 42.6 Å². The van der Waals surface area contributed by atoms with Crippen LogP contribution in [-0.2, 0) is 16.1 Å². The Bertz CT molecular complexity index is 1040. The van der Waals surface area contributed by atoms with Crippen LogP contribution in [0.4, 0.5) is 14.9 Å². The lowest BCUT2D eigenvalue weighted by Crippen LogP contribution is -2.46. The lowest BCUT2D eigenvalue weighted by Gasteiger charge is -2.33. The number of carbonyl (C=O) groups is 2. The van der Waals surface area contributed by atoms with E-state index in [1.165, 1.54) is 12.1 Å². The van der Waals surface area contributed by atoms with Crippen molar-refractivity contribution in [3.05, 3.63) is 65.0 Å². The molecular formula is C29H39FN2O5. The molecule has 202 valence electrons. The summed E-state index contributed by atoms with van der Waals surface area (Å²) in [5.74, 6) is -1.04. The molecule has 0 saturated heterocycles. The summed E-state index contributed by atoms with van der Waals surface area (Å²) in [5.41, 5.74) is 2.26. The fourth-order valence-corrected chi connectivity index (χ4v) is 4.66. The topological polar surface area (TPSA) is 88.1 Å². The second-order valence-electron chi connectivity index (χ2n) is 10.1. The zero-order valence-corrected chi connectivity index (χ0v) is 22.2. The Kier molecular flexibility index (Phi) is 10.5. The molecule has 2 aromatic rings. The van der Waals surface area contributed by atoms with Gasteiger partial charge in [-0.1, -0.05) is 32.0 Å². The third-order valence-corrected chi connectivity index (χ3v) is 7.12. The number of rotatable bonds is 11. The summed E-state index contributed by atoms with van der Waals surface area (Å²) in [6.45, 7) is 9.01. The molecule has 0 radical (unpaired) electrons. The number of nitrogens with zero attached hydrogens (tertiary/aromatic N) is 1. The molecule has 3 rings (SSSR count). The first-order valence-electron chi connectivity index (χ1n) is 13.0. The van der Waals surface area contributed by atoms with Gasteiger partial charge in [0.15, 0.2) is 0 Å². The van der Waals surface area contributed by atoms with Gasteiger partial charge in [-0.3, -0.25) is 0 Å². The smallest absolute Gasteiger partial charge is 0.336 e. The highest BCUT2D eigenvalue weighted by molar-refractivity contribution is 5.91. The van der Waals surface area contributed by atoms with Gasteiger partial charge in [0.05, 0.1) is 31.0 Å². The number of ether oxygens (including phenoxy) is 2. The molecule has 2 amide bonds. The number of carboxylic acid groups (broad SMARTS) is 1. The van der Waals surface area contributed by atoms with Gasteiger partial charge in [-0.15, -0.1) is 0 Å². The quantitative estimate of drug-likeness (QED) is 0.370. The molecule has 2 aromatic carbocycles. The van der Waals surface area contributed by atoms with E-state index in [0.29, 0.717) is 30.0 Å². The van der Waals surface area contributed by atoms with Crippen molar-refractivity contribution in [1.82, 2.24) is 4.90 Å². The SMILES string of the molecule is Cc1cccc(COC2CCCC(OCCN(C(=O)Nc3ccc(F)cc3)C(C)C(C)C)C2)c1C(=O)O. The minimum absolute atomic E-state index is 0.00614. The average Bonchev–Trinajstić information content (AvgIpc) is 2.86. The van der Waals surface area contributed by atoms with E-state index in [2.05, 4.69) is 19.2 Å². The minimum atomic E-state index is -0.940. The normalized spacial score (nSPS) is 18.4. The van der Waals surface area contributed by atoms with Crippen LogP contribution in [0, 0.1) is 18.7 Å². The molecule has 1 saturated carbocycles. The van der Waals surface area contributed by atoms with Gasteiger partial charge in [0.25, 0.3) is 0 Å². The lowest BCUT2D eigenvalue weighted by molar-refractivity contribution is -0.0534. The van der Waals surface area contributed by atoms with Crippen LogP contribution in [0.2, 0.25) is 0 Å². The summed E-state index contributed by atoms with van der Waals surface area (Å²) < 4.78 is 25.5. The summed E-state index contributed by atoms with van der Waals surface area (Å²) in [4.78, 5) is 26.4. The van der Waals surface area contributed by atoms with E-state index >= 15 is 0 Å². The molecule has 8 heteroatoms. The van der Waals surface area contributed by atoms with Crippen molar-refractivity contribution in [3.63, 3.8) is 0 Å². The van der Waals surface area contributed by atoms with E-state index in [9.17, 15) is 19.1 Å². The number of nitrogens with one attached hydrogen (secondary N) is 1. The van der Waals surface area contributed by atoms with Gasteiger partial charge in [-0.25, -0.2) is 14.0 Å². The van der Waals surface area contributed by atoms with Gasteiger partial charge in [-0.05, 0) is 80.8 Å². The molecule has 0 bridgehead atoms. The number of halogens is 1. The summed E-state index contributed by atoms with van der Waals surface area (Å²) in [6.07, 6.45) is 3.54. The molecule has 1 fully saturated rings. The number of anilines is 1. The number of hydrogen-bond donors (Lipinski definition) is 2. The molecule has 37 heavy (non-hydrogen) atoms. The van der Waals surface area contributed by atoms with Crippen molar-refractivity contribution in [1.29, 1.82) is 0 Å². The fraction of sp³-hybridized carbons (Fsp3) is 0.517. The Hall–Kier alpha value is -2.97. The molecule has 3 unspecified atom stereocenters. The number of carboxylic acids is 1. The maximum Gasteiger partial charge on any atom is 0.336 e. The Labute approximate surface area is 219 Å². The first-order chi connectivity index (χ1) is 17.7. The van der Waals surface area contributed by atoms with Crippen LogP contribution in [-0.4, -0.2) is 53.4 Å². The third kappa shape index (κ3) is 8.27. The van der Waals surface area contributed by atoms with Crippen molar-refractivity contribution >= 4 is 17.7 Å². The van der Waals surface area contributed by atoms with Gasteiger partial charge in [-0.2, -0.15) is 0 Å². The van der Waals surface area contributed by atoms with Gasteiger partial charge >= 0.3 is 12.0 Å². The number of aryl methyl sites for hydroxylation is 1. The summed E-state index contributed by atoms with van der Waals surface area (Å²) in [6, 6.07) is 10.9. The molecule has 3 atom stereocenters. The zero-order valence-electron chi connectivity index (χ0n) is 22.2.